The SMILES string of the molecule is CC1Oc2ccc(NC(=O)NCc3ccco3)cc2NC1=O. The second kappa shape index (κ2) is 5.80. The number of carbonyl (C=O) groups is 2. The largest absolute Gasteiger partial charge is 0.479 e. The Morgan fingerprint density at radius 3 is 3.00 bits per heavy atom. The second-order valence-electron chi connectivity index (χ2n) is 4.85. The highest BCUT2D eigenvalue weighted by Gasteiger charge is 2.23. The summed E-state index contributed by atoms with van der Waals surface area (Å²) in [6.45, 7) is 1.97. The molecule has 2 aromatic rings. The third-order valence-corrected chi connectivity index (χ3v) is 3.17. The van der Waals surface area contributed by atoms with Gasteiger partial charge in [0.25, 0.3) is 5.91 Å². The Kier molecular flexibility index (Phi) is 3.69. The molecular formula is C15H15N3O4. The summed E-state index contributed by atoms with van der Waals surface area (Å²) in [5, 5.41) is 8.08. The third kappa shape index (κ3) is 3.03. The lowest BCUT2D eigenvalue weighted by Gasteiger charge is -2.23. The zero-order valence-electron chi connectivity index (χ0n) is 11.9. The van der Waals surface area contributed by atoms with Crippen LogP contribution in [0, 0.1) is 0 Å². The maximum absolute atomic E-state index is 11.8. The molecule has 3 rings (SSSR count). The van der Waals surface area contributed by atoms with Crippen LogP contribution in [0.4, 0.5) is 16.2 Å². The molecule has 1 unspecified atom stereocenters. The van der Waals surface area contributed by atoms with Crippen LogP contribution in [0.5, 0.6) is 5.75 Å². The van der Waals surface area contributed by atoms with Crippen molar-refractivity contribution in [2.45, 2.75) is 19.6 Å². The van der Waals surface area contributed by atoms with Gasteiger partial charge >= 0.3 is 6.03 Å². The highest BCUT2D eigenvalue weighted by atomic mass is 16.5. The van der Waals surface area contributed by atoms with Gasteiger partial charge in [-0.2, -0.15) is 0 Å². The molecule has 1 aliphatic heterocycles. The van der Waals surface area contributed by atoms with Crippen LogP contribution in [-0.4, -0.2) is 18.0 Å². The van der Waals surface area contributed by atoms with Crippen molar-refractivity contribution in [3.05, 3.63) is 42.4 Å². The van der Waals surface area contributed by atoms with Crippen molar-refractivity contribution in [2.24, 2.45) is 0 Å². The number of nitrogens with one attached hydrogen (secondary N) is 3. The van der Waals surface area contributed by atoms with Crippen LogP contribution in [-0.2, 0) is 11.3 Å². The predicted molar refractivity (Wildman–Crippen MR) is 79.7 cm³/mol. The molecule has 3 amide bonds. The monoisotopic (exact) mass is 301 g/mol. The molecule has 2 heterocycles. The molecule has 1 atom stereocenters. The molecular weight excluding hydrogens is 286 g/mol. The van der Waals surface area contributed by atoms with Gasteiger partial charge in [0, 0.05) is 5.69 Å². The average Bonchev–Trinajstić information content (AvgIpc) is 3.00. The van der Waals surface area contributed by atoms with Crippen molar-refractivity contribution in [3.63, 3.8) is 0 Å². The first-order valence-electron chi connectivity index (χ1n) is 6.80. The summed E-state index contributed by atoms with van der Waals surface area (Å²) in [6, 6.07) is 8.21. The highest BCUT2D eigenvalue weighted by Crippen LogP contribution is 2.32. The third-order valence-electron chi connectivity index (χ3n) is 3.17. The number of rotatable bonds is 3. The van der Waals surface area contributed by atoms with Crippen molar-refractivity contribution in [1.29, 1.82) is 0 Å². The number of furan rings is 1. The smallest absolute Gasteiger partial charge is 0.319 e. The Morgan fingerprint density at radius 1 is 1.36 bits per heavy atom. The van der Waals surface area contributed by atoms with Crippen LogP contribution < -0.4 is 20.7 Å². The number of benzene rings is 1. The summed E-state index contributed by atoms with van der Waals surface area (Å²) in [5.74, 6) is 1.02. The number of carbonyl (C=O) groups excluding carboxylic acids is 2. The first kappa shape index (κ1) is 14.0. The van der Waals surface area contributed by atoms with Crippen LogP contribution in [0.1, 0.15) is 12.7 Å². The molecule has 0 saturated carbocycles. The van der Waals surface area contributed by atoms with Gasteiger partial charge in [-0.15, -0.1) is 0 Å². The lowest BCUT2D eigenvalue weighted by molar-refractivity contribution is -0.122. The number of amides is 3. The molecule has 7 nitrogen and oxygen atoms in total. The van der Waals surface area contributed by atoms with E-state index in [2.05, 4.69) is 16.0 Å². The molecule has 3 N–H and O–H groups in total. The first-order valence-corrected chi connectivity index (χ1v) is 6.80. The molecule has 1 aromatic carbocycles. The van der Waals surface area contributed by atoms with Gasteiger partial charge in [-0.3, -0.25) is 4.79 Å². The summed E-state index contributed by atoms with van der Waals surface area (Å²) in [6.07, 6.45) is 1.02. The fraction of sp³-hybridized carbons (Fsp3) is 0.200. The molecule has 0 saturated heterocycles. The molecule has 7 heteroatoms. The predicted octanol–water partition coefficient (Wildman–Crippen LogP) is 2.32. The Morgan fingerprint density at radius 2 is 2.23 bits per heavy atom. The molecule has 0 fully saturated rings. The van der Waals surface area contributed by atoms with Crippen molar-refractivity contribution in [1.82, 2.24) is 5.32 Å². The van der Waals surface area contributed by atoms with E-state index in [9.17, 15) is 9.59 Å². The van der Waals surface area contributed by atoms with E-state index in [4.69, 9.17) is 9.15 Å². The number of fused-ring (bicyclic) bond motifs is 1. The summed E-state index contributed by atoms with van der Waals surface area (Å²) in [4.78, 5) is 23.4. The van der Waals surface area contributed by atoms with Gasteiger partial charge in [0.1, 0.15) is 11.5 Å². The zero-order valence-corrected chi connectivity index (χ0v) is 11.9. The minimum Gasteiger partial charge on any atom is -0.479 e. The number of anilines is 2. The summed E-state index contributed by atoms with van der Waals surface area (Å²) >= 11 is 0. The van der Waals surface area contributed by atoms with Crippen LogP contribution in [0.2, 0.25) is 0 Å². The quantitative estimate of drug-likeness (QED) is 0.811. The van der Waals surface area contributed by atoms with E-state index >= 15 is 0 Å². The van der Waals surface area contributed by atoms with Gasteiger partial charge in [0.05, 0.1) is 18.5 Å². The maximum Gasteiger partial charge on any atom is 0.319 e. The van der Waals surface area contributed by atoms with E-state index in [1.165, 1.54) is 0 Å². The molecule has 0 spiro atoms. The van der Waals surface area contributed by atoms with Gasteiger partial charge in [-0.1, -0.05) is 0 Å². The Balaban J connectivity index is 1.62. The van der Waals surface area contributed by atoms with Crippen molar-refractivity contribution in [3.8, 4) is 5.75 Å². The number of ether oxygens (including phenoxy) is 1. The zero-order chi connectivity index (χ0) is 15.5. The normalized spacial score (nSPS) is 16.2. The molecule has 1 aliphatic rings. The molecule has 0 aliphatic carbocycles. The van der Waals surface area contributed by atoms with Crippen LogP contribution in [0.3, 0.4) is 0 Å². The van der Waals surface area contributed by atoms with Gasteiger partial charge < -0.3 is 25.1 Å². The average molecular weight is 301 g/mol. The van der Waals surface area contributed by atoms with Crippen molar-refractivity contribution in [2.75, 3.05) is 10.6 Å². The first-order chi connectivity index (χ1) is 10.6. The molecule has 22 heavy (non-hydrogen) atoms. The van der Waals surface area contributed by atoms with E-state index in [0.717, 1.165) is 0 Å². The van der Waals surface area contributed by atoms with Crippen LogP contribution in [0.25, 0.3) is 0 Å². The van der Waals surface area contributed by atoms with Crippen molar-refractivity contribution < 1.29 is 18.7 Å². The fourth-order valence-corrected chi connectivity index (χ4v) is 2.04. The van der Waals surface area contributed by atoms with Crippen LogP contribution in [0.15, 0.2) is 41.0 Å². The minimum atomic E-state index is -0.525. The molecule has 0 radical (unpaired) electrons. The van der Waals surface area contributed by atoms with E-state index < -0.39 is 6.10 Å². The molecule has 0 bridgehead atoms. The van der Waals surface area contributed by atoms with Gasteiger partial charge in [-0.25, -0.2) is 4.79 Å². The lowest BCUT2D eigenvalue weighted by Crippen LogP contribution is -2.34. The van der Waals surface area contributed by atoms with E-state index in [1.807, 2.05) is 0 Å². The topological polar surface area (TPSA) is 92.6 Å². The second-order valence-corrected chi connectivity index (χ2v) is 4.85. The van der Waals surface area contributed by atoms with Gasteiger partial charge in [0.2, 0.25) is 0 Å². The Labute approximate surface area is 126 Å². The standard InChI is InChI=1S/C15H15N3O4/c1-9-14(19)18-12-7-10(4-5-13(12)22-9)17-15(20)16-8-11-3-2-6-21-11/h2-7,9H,8H2,1H3,(H,18,19)(H2,16,17,20). The molecule has 114 valence electrons. The molecule has 1 aromatic heterocycles. The summed E-state index contributed by atoms with van der Waals surface area (Å²) in [5.41, 5.74) is 1.08. The van der Waals surface area contributed by atoms with Gasteiger partial charge in [0.15, 0.2) is 6.10 Å². The number of hydrogen-bond donors (Lipinski definition) is 3. The minimum absolute atomic E-state index is 0.216. The number of urea groups is 1. The van der Waals surface area contributed by atoms with E-state index in [0.29, 0.717) is 29.4 Å². The Bertz CT molecular complexity index is 697. The van der Waals surface area contributed by atoms with E-state index in [1.54, 1.807) is 43.5 Å². The lowest BCUT2D eigenvalue weighted by atomic mass is 10.2. The van der Waals surface area contributed by atoms with Crippen LogP contribution >= 0.6 is 0 Å². The fourth-order valence-electron chi connectivity index (χ4n) is 2.04. The van der Waals surface area contributed by atoms with E-state index in [-0.39, 0.29) is 11.9 Å². The highest BCUT2D eigenvalue weighted by molar-refractivity contribution is 5.99. The van der Waals surface area contributed by atoms with Gasteiger partial charge in [-0.05, 0) is 37.3 Å². The Hall–Kier alpha value is -2.96. The summed E-state index contributed by atoms with van der Waals surface area (Å²) < 4.78 is 10.6. The number of hydrogen-bond acceptors (Lipinski definition) is 4. The van der Waals surface area contributed by atoms with Crippen molar-refractivity contribution >= 4 is 23.3 Å². The maximum atomic E-state index is 11.8. The summed E-state index contributed by atoms with van der Waals surface area (Å²) in [7, 11) is 0.